The molecule has 0 spiro atoms. The van der Waals surface area contributed by atoms with Gasteiger partial charge in [-0.15, -0.1) is 0 Å². The van der Waals surface area contributed by atoms with Crippen LogP contribution in [0.3, 0.4) is 0 Å². The Kier molecular flexibility index (Phi) is 3.22. The summed E-state index contributed by atoms with van der Waals surface area (Å²) >= 11 is 0. The lowest BCUT2D eigenvalue weighted by molar-refractivity contribution is -0.153. The molecule has 2 aliphatic heterocycles. The molecule has 20 heavy (non-hydrogen) atoms. The van der Waals surface area contributed by atoms with Gasteiger partial charge < -0.3 is 15.7 Å². The molecule has 3 atom stereocenters. The molecule has 0 bridgehead atoms. The molecule has 106 valence electrons. The summed E-state index contributed by atoms with van der Waals surface area (Å²) in [6.07, 6.45) is 2.61. The number of fused-ring (bicyclic) bond motifs is 3. The van der Waals surface area contributed by atoms with Gasteiger partial charge in [0.2, 0.25) is 5.91 Å². The minimum atomic E-state index is -0.952. The summed E-state index contributed by atoms with van der Waals surface area (Å²) in [5, 5.41) is 9.46. The molecule has 1 fully saturated rings. The molecule has 1 aromatic rings. The van der Waals surface area contributed by atoms with E-state index < -0.39 is 18.1 Å². The maximum atomic E-state index is 12.4. The van der Waals surface area contributed by atoms with Crippen LogP contribution in [0.4, 0.5) is 0 Å². The third-order valence-corrected chi connectivity index (χ3v) is 4.35. The first-order valence-electron chi connectivity index (χ1n) is 6.98. The first kappa shape index (κ1) is 13.1. The summed E-state index contributed by atoms with van der Waals surface area (Å²) in [5.74, 6) is -1.18. The molecule has 0 aromatic heterocycles. The summed E-state index contributed by atoms with van der Waals surface area (Å²) in [6, 6.07) is 6.28. The van der Waals surface area contributed by atoms with Crippen LogP contribution in [0.15, 0.2) is 24.3 Å². The van der Waals surface area contributed by atoms with Crippen LogP contribution in [0.2, 0.25) is 0 Å². The normalized spacial score (nSPS) is 29.4. The second-order valence-corrected chi connectivity index (χ2v) is 5.56. The second kappa shape index (κ2) is 4.90. The number of hydrogen-bond acceptors (Lipinski definition) is 3. The zero-order valence-corrected chi connectivity index (χ0v) is 11.2. The summed E-state index contributed by atoms with van der Waals surface area (Å²) in [5.41, 5.74) is 7.99. The Morgan fingerprint density at radius 2 is 2.05 bits per heavy atom. The van der Waals surface area contributed by atoms with E-state index in [1.54, 1.807) is 0 Å². The fourth-order valence-corrected chi connectivity index (χ4v) is 3.37. The van der Waals surface area contributed by atoms with Crippen LogP contribution >= 0.6 is 0 Å². The minimum absolute atomic E-state index is 0.151. The number of carboxylic acids is 1. The minimum Gasteiger partial charge on any atom is -0.480 e. The van der Waals surface area contributed by atoms with Gasteiger partial charge in [-0.1, -0.05) is 24.3 Å². The van der Waals surface area contributed by atoms with Gasteiger partial charge in [-0.25, -0.2) is 4.79 Å². The van der Waals surface area contributed by atoms with Crippen molar-refractivity contribution in [2.45, 2.75) is 43.8 Å². The van der Waals surface area contributed by atoms with Crippen LogP contribution < -0.4 is 5.73 Å². The fourth-order valence-electron chi connectivity index (χ4n) is 3.37. The van der Waals surface area contributed by atoms with Gasteiger partial charge in [0.25, 0.3) is 0 Å². The van der Waals surface area contributed by atoms with E-state index in [1.807, 2.05) is 24.3 Å². The van der Waals surface area contributed by atoms with Crippen LogP contribution in [-0.2, 0) is 16.0 Å². The highest BCUT2D eigenvalue weighted by Gasteiger charge is 2.43. The van der Waals surface area contributed by atoms with E-state index in [0.717, 1.165) is 24.0 Å². The number of rotatable bonds is 1. The molecule has 2 aliphatic rings. The number of amides is 1. The number of hydrogen-bond donors (Lipinski definition) is 2. The van der Waals surface area contributed by atoms with Crippen LogP contribution in [0, 0.1) is 0 Å². The number of nitrogens with two attached hydrogens (primary N) is 1. The average molecular weight is 274 g/mol. The van der Waals surface area contributed by atoms with Crippen molar-refractivity contribution >= 4 is 11.9 Å². The third kappa shape index (κ3) is 1.98. The third-order valence-electron chi connectivity index (χ3n) is 4.35. The zero-order chi connectivity index (χ0) is 14.3. The molecule has 2 heterocycles. The Hall–Kier alpha value is -1.88. The number of carbonyl (C=O) groups excluding carboxylic acids is 1. The van der Waals surface area contributed by atoms with E-state index in [4.69, 9.17) is 5.73 Å². The molecule has 5 heteroatoms. The van der Waals surface area contributed by atoms with E-state index in [-0.39, 0.29) is 11.9 Å². The molecule has 0 aliphatic carbocycles. The van der Waals surface area contributed by atoms with Gasteiger partial charge in [0.1, 0.15) is 6.04 Å². The monoisotopic (exact) mass is 274 g/mol. The van der Waals surface area contributed by atoms with E-state index in [2.05, 4.69) is 0 Å². The summed E-state index contributed by atoms with van der Waals surface area (Å²) < 4.78 is 0. The van der Waals surface area contributed by atoms with Gasteiger partial charge in [-0.2, -0.15) is 0 Å². The first-order chi connectivity index (χ1) is 9.59. The van der Waals surface area contributed by atoms with Crippen LogP contribution in [0.25, 0.3) is 0 Å². The van der Waals surface area contributed by atoms with E-state index in [0.29, 0.717) is 12.8 Å². The summed E-state index contributed by atoms with van der Waals surface area (Å²) in [4.78, 5) is 25.5. The maximum Gasteiger partial charge on any atom is 0.326 e. The molecular formula is C15H18N2O3. The van der Waals surface area contributed by atoms with Crippen molar-refractivity contribution in [2.75, 3.05) is 0 Å². The summed E-state index contributed by atoms with van der Waals surface area (Å²) in [7, 11) is 0. The molecule has 1 aromatic carbocycles. The van der Waals surface area contributed by atoms with E-state index in [9.17, 15) is 14.7 Å². The van der Waals surface area contributed by atoms with Crippen molar-refractivity contribution in [1.29, 1.82) is 0 Å². The van der Waals surface area contributed by atoms with Gasteiger partial charge in [0.15, 0.2) is 0 Å². The molecule has 0 radical (unpaired) electrons. The van der Waals surface area contributed by atoms with E-state index in [1.165, 1.54) is 4.90 Å². The Morgan fingerprint density at radius 1 is 1.30 bits per heavy atom. The SMILES string of the molecule is N[C@H]1CCCC2c3ccccc3C[C@@H](C(=O)O)N2C1=O. The summed E-state index contributed by atoms with van der Waals surface area (Å²) in [6.45, 7) is 0. The number of aliphatic carboxylic acids is 1. The van der Waals surface area contributed by atoms with Crippen molar-refractivity contribution in [2.24, 2.45) is 5.73 Å². The predicted octanol–water partition coefficient (Wildman–Crippen LogP) is 1.08. The fraction of sp³-hybridized carbons (Fsp3) is 0.467. The molecule has 3 rings (SSSR count). The molecule has 0 saturated carbocycles. The quantitative estimate of drug-likeness (QED) is 0.802. The van der Waals surface area contributed by atoms with Gasteiger partial charge in [-0.05, 0) is 30.4 Å². The average Bonchev–Trinajstić information content (AvgIpc) is 2.59. The van der Waals surface area contributed by atoms with Crippen molar-refractivity contribution < 1.29 is 14.7 Å². The largest absolute Gasteiger partial charge is 0.480 e. The number of benzene rings is 1. The van der Waals surface area contributed by atoms with Gasteiger partial charge >= 0.3 is 5.97 Å². The van der Waals surface area contributed by atoms with Crippen molar-refractivity contribution in [3.05, 3.63) is 35.4 Å². The highest BCUT2D eigenvalue weighted by Crippen LogP contribution is 2.38. The van der Waals surface area contributed by atoms with Gasteiger partial charge in [0.05, 0.1) is 12.1 Å². The van der Waals surface area contributed by atoms with Gasteiger partial charge in [0, 0.05) is 6.42 Å². The van der Waals surface area contributed by atoms with Crippen molar-refractivity contribution in [3.8, 4) is 0 Å². The highest BCUT2D eigenvalue weighted by molar-refractivity contribution is 5.88. The Labute approximate surface area is 117 Å². The van der Waals surface area contributed by atoms with Crippen molar-refractivity contribution in [1.82, 2.24) is 4.90 Å². The highest BCUT2D eigenvalue weighted by atomic mass is 16.4. The number of carboxylic acid groups (broad SMARTS) is 1. The number of carbonyl (C=O) groups is 2. The Balaban J connectivity index is 2.10. The molecule has 1 saturated heterocycles. The van der Waals surface area contributed by atoms with Crippen LogP contribution in [0.5, 0.6) is 0 Å². The lowest BCUT2D eigenvalue weighted by atomic mass is 9.86. The smallest absolute Gasteiger partial charge is 0.326 e. The van der Waals surface area contributed by atoms with Crippen molar-refractivity contribution in [3.63, 3.8) is 0 Å². The Bertz CT molecular complexity index is 558. The lowest BCUT2D eigenvalue weighted by Gasteiger charge is -2.41. The predicted molar refractivity (Wildman–Crippen MR) is 73.0 cm³/mol. The lowest BCUT2D eigenvalue weighted by Crippen LogP contribution is -2.54. The topological polar surface area (TPSA) is 83.6 Å². The van der Waals surface area contributed by atoms with E-state index >= 15 is 0 Å². The molecule has 1 unspecified atom stereocenters. The standard InChI is InChI=1S/C15H18N2O3/c16-11-6-3-7-12-10-5-2-1-4-9(10)8-13(15(19)20)17(12)14(11)18/h1-2,4-5,11-13H,3,6-8,16H2,(H,19,20)/t11-,12?,13-/m0/s1. The van der Waals surface area contributed by atoms with Crippen LogP contribution in [0.1, 0.15) is 36.4 Å². The zero-order valence-electron chi connectivity index (χ0n) is 11.2. The molecule has 3 N–H and O–H groups in total. The second-order valence-electron chi connectivity index (χ2n) is 5.56. The first-order valence-corrected chi connectivity index (χ1v) is 6.98. The molecule has 5 nitrogen and oxygen atoms in total. The number of nitrogens with zero attached hydrogens (tertiary/aromatic N) is 1. The molecular weight excluding hydrogens is 256 g/mol. The molecule has 1 amide bonds. The Morgan fingerprint density at radius 3 is 2.80 bits per heavy atom. The maximum absolute atomic E-state index is 12.4. The van der Waals surface area contributed by atoms with Crippen LogP contribution in [-0.4, -0.2) is 34.0 Å². The van der Waals surface area contributed by atoms with Gasteiger partial charge in [-0.3, -0.25) is 4.79 Å².